The molecule has 2 rings (SSSR count). The van der Waals surface area contributed by atoms with Gasteiger partial charge in [0.2, 0.25) is 0 Å². The van der Waals surface area contributed by atoms with E-state index in [4.69, 9.17) is 0 Å². The normalized spacial score (nSPS) is 17.8. The van der Waals surface area contributed by atoms with Crippen molar-refractivity contribution in [3.05, 3.63) is 35.4 Å². The second kappa shape index (κ2) is 9.45. The van der Waals surface area contributed by atoms with Gasteiger partial charge in [-0.1, -0.05) is 12.1 Å². The van der Waals surface area contributed by atoms with Crippen LogP contribution in [0, 0.1) is 0 Å². The van der Waals surface area contributed by atoms with E-state index in [-0.39, 0.29) is 5.91 Å². The number of carbonyl (C=O) groups excluding carboxylic acids is 1. The first kappa shape index (κ1) is 17.7. The standard InChI is InChI=1S/C17H26N4OS/c1-18-16(22)14-6-3-5-13(11-14)8-9-20-17(19-2)21-12-15-7-4-10-23-15/h3,5-6,11,15H,4,7-10,12H2,1-2H3,(H,18,22)(H2,19,20,21). The van der Waals surface area contributed by atoms with E-state index in [1.54, 1.807) is 14.1 Å². The smallest absolute Gasteiger partial charge is 0.251 e. The zero-order chi connectivity index (χ0) is 16.5. The summed E-state index contributed by atoms with van der Waals surface area (Å²) in [5, 5.41) is 10.1. The van der Waals surface area contributed by atoms with Gasteiger partial charge in [-0.15, -0.1) is 0 Å². The van der Waals surface area contributed by atoms with Crippen LogP contribution in [0.3, 0.4) is 0 Å². The average Bonchev–Trinajstić information content (AvgIpc) is 3.11. The maximum Gasteiger partial charge on any atom is 0.251 e. The number of nitrogens with zero attached hydrogens (tertiary/aromatic N) is 1. The second-order valence-corrected chi connectivity index (χ2v) is 6.95. The summed E-state index contributed by atoms with van der Waals surface area (Å²) in [7, 11) is 3.44. The average molecular weight is 334 g/mol. The summed E-state index contributed by atoms with van der Waals surface area (Å²) in [5.41, 5.74) is 1.84. The third kappa shape index (κ3) is 5.78. The molecule has 3 N–H and O–H groups in total. The zero-order valence-corrected chi connectivity index (χ0v) is 14.7. The highest BCUT2D eigenvalue weighted by Crippen LogP contribution is 2.25. The molecule has 1 saturated heterocycles. The number of thioether (sulfide) groups is 1. The summed E-state index contributed by atoms with van der Waals surface area (Å²) < 4.78 is 0. The van der Waals surface area contributed by atoms with Crippen molar-refractivity contribution in [2.75, 3.05) is 32.9 Å². The van der Waals surface area contributed by atoms with Crippen LogP contribution in [0.2, 0.25) is 0 Å². The summed E-state index contributed by atoms with van der Waals surface area (Å²) in [4.78, 5) is 15.9. The minimum absolute atomic E-state index is 0.0497. The highest BCUT2D eigenvalue weighted by atomic mass is 32.2. The Hall–Kier alpha value is -1.69. The topological polar surface area (TPSA) is 65.5 Å². The number of aliphatic imine (C=N–C) groups is 1. The van der Waals surface area contributed by atoms with Crippen molar-refractivity contribution >= 4 is 23.6 Å². The fourth-order valence-corrected chi connectivity index (χ4v) is 3.78. The molecular weight excluding hydrogens is 308 g/mol. The summed E-state index contributed by atoms with van der Waals surface area (Å²) in [5.74, 6) is 2.08. The summed E-state index contributed by atoms with van der Waals surface area (Å²) in [6.07, 6.45) is 3.47. The van der Waals surface area contributed by atoms with Gasteiger partial charge in [0.15, 0.2) is 5.96 Å². The quantitative estimate of drug-likeness (QED) is 0.547. The zero-order valence-electron chi connectivity index (χ0n) is 13.9. The summed E-state index contributed by atoms with van der Waals surface area (Å²) in [6.45, 7) is 1.76. The molecule has 0 aliphatic carbocycles. The number of amides is 1. The molecule has 23 heavy (non-hydrogen) atoms. The van der Waals surface area contributed by atoms with Gasteiger partial charge in [0, 0.05) is 38.0 Å². The van der Waals surface area contributed by atoms with Gasteiger partial charge in [-0.3, -0.25) is 9.79 Å². The first-order chi connectivity index (χ1) is 11.2. The molecule has 5 nitrogen and oxygen atoms in total. The molecule has 0 radical (unpaired) electrons. The van der Waals surface area contributed by atoms with Crippen molar-refractivity contribution in [1.29, 1.82) is 0 Å². The third-order valence-electron chi connectivity index (χ3n) is 3.87. The lowest BCUT2D eigenvalue weighted by Crippen LogP contribution is -2.40. The monoisotopic (exact) mass is 334 g/mol. The van der Waals surface area contributed by atoms with Crippen molar-refractivity contribution in [2.24, 2.45) is 4.99 Å². The van der Waals surface area contributed by atoms with Gasteiger partial charge in [0.1, 0.15) is 0 Å². The Morgan fingerprint density at radius 2 is 2.26 bits per heavy atom. The lowest BCUT2D eigenvalue weighted by molar-refractivity contribution is 0.0963. The predicted octanol–water partition coefficient (Wildman–Crippen LogP) is 1.65. The van der Waals surface area contributed by atoms with Crippen molar-refractivity contribution < 1.29 is 4.79 Å². The molecule has 1 aromatic rings. The van der Waals surface area contributed by atoms with Gasteiger partial charge < -0.3 is 16.0 Å². The first-order valence-electron chi connectivity index (χ1n) is 8.10. The fraction of sp³-hybridized carbons (Fsp3) is 0.529. The molecule has 1 unspecified atom stereocenters. The molecule has 1 aliphatic rings. The van der Waals surface area contributed by atoms with Crippen LogP contribution in [0.25, 0.3) is 0 Å². The van der Waals surface area contributed by atoms with Crippen LogP contribution in [-0.4, -0.2) is 50.1 Å². The van der Waals surface area contributed by atoms with E-state index in [2.05, 4.69) is 20.9 Å². The molecule has 0 saturated carbocycles. The van der Waals surface area contributed by atoms with Crippen LogP contribution >= 0.6 is 11.8 Å². The molecule has 1 heterocycles. The van der Waals surface area contributed by atoms with Crippen LogP contribution in [0.15, 0.2) is 29.3 Å². The van der Waals surface area contributed by atoms with E-state index in [1.165, 1.54) is 18.6 Å². The van der Waals surface area contributed by atoms with Crippen LogP contribution < -0.4 is 16.0 Å². The second-order valence-electron chi connectivity index (χ2n) is 5.54. The third-order valence-corrected chi connectivity index (χ3v) is 5.27. The van der Waals surface area contributed by atoms with Crippen LogP contribution in [0.5, 0.6) is 0 Å². The molecule has 1 atom stereocenters. The van der Waals surface area contributed by atoms with Crippen LogP contribution in [0.4, 0.5) is 0 Å². The minimum atomic E-state index is -0.0497. The molecule has 1 aromatic carbocycles. The van der Waals surface area contributed by atoms with E-state index >= 15 is 0 Å². The highest BCUT2D eigenvalue weighted by molar-refractivity contribution is 8.00. The van der Waals surface area contributed by atoms with E-state index in [0.29, 0.717) is 10.8 Å². The van der Waals surface area contributed by atoms with Gasteiger partial charge in [0.25, 0.3) is 5.91 Å². The molecule has 126 valence electrons. The highest BCUT2D eigenvalue weighted by Gasteiger charge is 2.15. The molecule has 0 aromatic heterocycles. The first-order valence-corrected chi connectivity index (χ1v) is 9.15. The maximum atomic E-state index is 11.6. The van der Waals surface area contributed by atoms with Crippen LogP contribution in [0.1, 0.15) is 28.8 Å². The molecule has 6 heteroatoms. The van der Waals surface area contributed by atoms with Crippen molar-refractivity contribution in [3.63, 3.8) is 0 Å². The van der Waals surface area contributed by atoms with Crippen molar-refractivity contribution in [1.82, 2.24) is 16.0 Å². The van der Waals surface area contributed by atoms with Crippen LogP contribution in [-0.2, 0) is 6.42 Å². The van der Waals surface area contributed by atoms with E-state index < -0.39 is 0 Å². The minimum Gasteiger partial charge on any atom is -0.356 e. The molecule has 1 aliphatic heterocycles. The summed E-state index contributed by atoms with van der Waals surface area (Å²) in [6, 6.07) is 7.73. The molecule has 1 amide bonds. The number of nitrogens with one attached hydrogen (secondary N) is 3. The maximum absolute atomic E-state index is 11.6. The molecular formula is C17H26N4OS. The van der Waals surface area contributed by atoms with Gasteiger partial charge in [-0.25, -0.2) is 0 Å². The Morgan fingerprint density at radius 3 is 2.96 bits per heavy atom. The van der Waals surface area contributed by atoms with Gasteiger partial charge >= 0.3 is 0 Å². The number of guanidine groups is 1. The summed E-state index contributed by atoms with van der Waals surface area (Å²) >= 11 is 2.04. The van der Waals surface area contributed by atoms with Crippen molar-refractivity contribution in [3.8, 4) is 0 Å². The Balaban J connectivity index is 1.75. The van der Waals surface area contributed by atoms with Crippen molar-refractivity contribution in [2.45, 2.75) is 24.5 Å². The largest absolute Gasteiger partial charge is 0.356 e. The lowest BCUT2D eigenvalue weighted by Gasteiger charge is -2.14. The lowest BCUT2D eigenvalue weighted by atomic mass is 10.1. The van der Waals surface area contributed by atoms with E-state index in [9.17, 15) is 4.79 Å². The number of benzene rings is 1. The number of hydrogen-bond donors (Lipinski definition) is 3. The number of rotatable bonds is 6. The van der Waals surface area contributed by atoms with E-state index in [0.717, 1.165) is 31.0 Å². The SMILES string of the molecule is CN=C(NCCc1cccc(C(=O)NC)c1)NCC1CCCS1. The van der Waals surface area contributed by atoms with Gasteiger partial charge in [-0.2, -0.15) is 11.8 Å². The Bertz CT molecular complexity index is 541. The molecule has 1 fully saturated rings. The Morgan fingerprint density at radius 1 is 1.39 bits per heavy atom. The van der Waals surface area contributed by atoms with E-state index in [1.807, 2.05) is 36.0 Å². The molecule has 0 bridgehead atoms. The Labute approximate surface area is 142 Å². The van der Waals surface area contributed by atoms with Gasteiger partial charge in [-0.05, 0) is 42.7 Å². The van der Waals surface area contributed by atoms with Gasteiger partial charge in [0.05, 0.1) is 0 Å². The number of carbonyl (C=O) groups is 1. The fourth-order valence-electron chi connectivity index (χ4n) is 2.57. The predicted molar refractivity (Wildman–Crippen MR) is 98.4 cm³/mol. The Kier molecular flexibility index (Phi) is 7.26. The number of hydrogen-bond acceptors (Lipinski definition) is 3. The molecule has 0 spiro atoms.